The van der Waals surface area contributed by atoms with Crippen LogP contribution in [0.15, 0.2) is 73.2 Å². The standard InChI is InChI=1S/C25H23F2N5O/c1-3-32(17(2)16-31-15-12-22(30-31)18-8-10-19(26)11-9-18)25(33)23-20(6-4-7-21(23)27)24-28-13-5-14-29-24/h4-15,17H,3,16H2,1-2H3/t17-/m0/s1. The Morgan fingerprint density at radius 3 is 2.45 bits per heavy atom. The van der Waals surface area contributed by atoms with Gasteiger partial charge in [0.1, 0.15) is 11.6 Å². The quantitative estimate of drug-likeness (QED) is 0.407. The number of carbonyl (C=O) groups excluding carboxylic acids is 1. The molecule has 2 aromatic carbocycles. The molecule has 6 nitrogen and oxygen atoms in total. The molecule has 0 aliphatic carbocycles. The summed E-state index contributed by atoms with van der Waals surface area (Å²) in [6, 6.07) is 13.8. The molecule has 2 aromatic heterocycles. The molecule has 0 radical (unpaired) electrons. The molecule has 4 aromatic rings. The van der Waals surface area contributed by atoms with Crippen molar-refractivity contribution in [2.24, 2.45) is 0 Å². The molecule has 0 saturated heterocycles. The maximum atomic E-state index is 14.8. The van der Waals surface area contributed by atoms with Gasteiger partial charge < -0.3 is 4.90 Å². The van der Waals surface area contributed by atoms with Crippen LogP contribution in [0.2, 0.25) is 0 Å². The van der Waals surface area contributed by atoms with Gasteiger partial charge in [0.05, 0.1) is 17.8 Å². The number of nitrogens with zero attached hydrogens (tertiary/aromatic N) is 5. The van der Waals surface area contributed by atoms with Gasteiger partial charge in [0.2, 0.25) is 0 Å². The summed E-state index contributed by atoms with van der Waals surface area (Å²) in [6.45, 7) is 4.53. The van der Waals surface area contributed by atoms with Crippen LogP contribution >= 0.6 is 0 Å². The first-order valence-electron chi connectivity index (χ1n) is 10.6. The first-order chi connectivity index (χ1) is 16.0. The van der Waals surface area contributed by atoms with Gasteiger partial charge in [-0.2, -0.15) is 5.10 Å². The van der Waals surface area contributed by atoms with Crippen LogP contribution in [-0.2, 0) is 6.54 Å². The van der Waals surface area contributed by atoms with Gasteiger partial charge in [-0.3, -0.25) is 9.48 Å². The summed E-state index contributed by atoms with van der Waals surface area (Å²) in [5.74, 6) is -1.07. The van der Waals surface area contributed by atoms with Gasteiger partial charge in [-0.1, -0.05) is 12.1 Å². The van der Waals surface area contributed by atoms with Crippen molar-refractivity contribution >= 4 is 5.91 Å². The number of benzene rings is 2. The largest absolute Gasteiger partial charge is 0.334 e. The lowest BCUT2D eigenvalue weighted by Gasteiger charge is -2.29. The van der Waals surface area contributed by atoms with Crippen LogP contribution in [0, 0.1) is 11.6 Å². The molecule has 1 amide bonds. The van der Waals surface area contributed by atoms with Crippen molar-refractivity contribution in [3.63, 3.8) is 0 Å². The molecular weight excluding hydrogens is 424 g/mol. The van der Waals surface area contributed by atoms with Crippen molar-refractivity contribution in [3.8, 4) is 22.6 Å². The Labute approximate surface area is 190 Å². The maximum absolute atomic E-state index is 14.8. The van der Waals surface area contributed by atoms with Gasteiger partial charge in [-0.05, 0) is 56.3 Å². The van der Waals surface area contributed by atoms with Crippen molar-refractivity contribution in [1.82, 2.24) is 24.6 Å². The summed E-state index contributed by atoms with van der Waals surface area (Å²) in [5.41, 5.74) is 1.80. The molecular formula is C25H23F2N5O. The number of amides is 1. The van der Waals surface area contributed by atoms with Crippen LogP contribution in [0.4, 0.5) is 8.78 Å². The summed E-state index contributed by atoms with van der Waals surface area (Å²) < 4.78 is 29.8. The van der Waals surface area contributed by atoms with Crippen molar-refractivity contribution in [3.05, 3.63) is 90.4 Å². The average molecular weight is 447 g/mol. The van der Waals surface area contributed by atoms with Crippen LogP contribution in [0.1, 0.15) is 24.2 Å². The van der Waals surface area contributed by atoms with E-state index in [1.807, 2.05) is 19.9 Å². The first-order valence-corrected chi connectivity index (χ1v) is 10.6. The monoisotopic (exact) mass is 447 g/mol. The highest BCUT2D eigenvalue weighted by atomic mass is 19.1. The Kier molecular flexibility index (Phi) is 6.53. The van der Waals surface area contributed by atoms with Gasteiger partial charge in [0, 0.05) is 42.3 Å². The summed E-state index contributed by atoms with van der Waals surface area (Å²) >= 11 is 0. The molecule has 0 saturated carbocycles. The fraction of sp³-hybridized carbons (Fsp3) is 0.200. The van der Waals surface area contributed by atoms with Crippen molar-refractivity contribution < 1.29 is 13.6 Å². The van der Waals surface area contributed by atoms with Crippen LogP contribution in [0.5, 0.6) is 0 Å². The van der Waals surface area contributed by atoms with Crippen LogP contribution in [0.3, 0.4) is 0 Å². The van der Waals surface area contributed by atoms with E-state index < -0.39 is 11.7 Å². The van der Waals surface area contributed by atoms with Gasteiger partial charge in [-0.15, -0.1) is 0 Å². The van der Waals surface area contributed by atoms with E-state index in [1.54, 1.807) is 52.4 Å². The normalized spacial score (nSPS) is 11.9. The highest BCUT2D eigenvalue weighted by Crippen LogP contribution is 2.25. The number of halogens is 2. The third kappa shape index (κ3) is 4.79. The molecule has 0 fully saturated rings. The van der Waals surface area contributed by atoms with Crippen LogP contribution < -0.4 is 0 Å². The maximum Gasteiger partial charge on any atom is 0.257 e. The predicted octanol–water partition coefficient (Wildman–Crippen LogP) is 4.84. The summed E-state index contributed by atoms with van der Waals surface area (Å²) in [6.07, 6.45) is 4.91. The fourth-order valence-electron chi connectivity index (χ4n) is 3.77. The summed E-state index contributed by atoms with van der Waals surface area (Å²) in [5, 5.41) is 4.54. The van der Waals surface area contributed by atoms with Crippen molar-refractivity contribution in [2.75, 3.05) is 6.54 Å². The Balaban J connectivity index is 1.57. The third-order valence-corrected chi connectivity index (χ3v) is 5.40. The van der Waals surface area contributed by atoms with E-state index in [4.69, 9.17) is 0 Å². The number of rotatable bonds is 7. The minimum atomic E-state index is -0.617. The lowest BCUT2D eigenvalue weighted by molar-refractivity contribution is 0.0681. The number of hydrogen-bond donors (Lipinski definition) is 0. The van der Waals surface area contributed by atoms with Gasteiger partial charge in [-0.25, -0.2) is 18.7 Å². The Morgan fingerprint density at radius 2 is 1.76 bits per heavy atom. The first kappa shape index (κ1) is 22.3. The lowest BCUT2D eigenvalue weighted by atomic mass is 10.0. The zero-order valence-electron chi connectivity index (χ0n) is 18.3. The molecule has 0 aliphatic rings. The van der Waals surface area contributed by atoms with E-state index in [0.717, 1.165) is 5.56 Å². The molecule has 1 atom stereocenters. The highest BCUT2D eigenvalue weighted by Gasteiger charge is 2.27. The number of carbonyl (C=O) groups is 1. The number of likely N-dealkylation sites (N-methyl/N-ethyl adjacent to an activating group) is 1. The highest BCUT2D eigenvalue weighted by molar-refractivity contribution is 6.00. The fourth-order valence-corrected chi connectivity index (χ4v) is 3.77. The predicted molar refractivity (Wildman–Crippen MR) is 121 cm³/mol. The van der Waals surface area contributed by atoms with Crippen LogP contribution in [-0.4, -0.2) is 43.1 Å². The van der Waals surface area contributed by atoms with Crippen molar-refractivity contribution in [2.45, 2.75) is 26.4 Å². The second-order valence-corrected chi connectivity index (χ2v) is 7.60. The average Bonchev–Trinajstić information content (AvgIpc) is 3.28. The summed E-state index contributed by atoms with van der Waals surface area (Å²) in [4.78, 5) is 23.4. The van der Waals surface area contributed by atoms with E-state index in [2.05, 4.69) is 15.1 Å². The molecule has 0 aliphatic heterocycles. The molecule has 33 heavy (non-hydrogen) atoms. The summed E-state index contributed by atoms with van der Waals surface area (Å²) in [7, 11) is 0. The van der Waals surface area contributed by atoms with Gasteiger partial charge in [0.25, 0.3) is 5.91 Å². The smallest absolute Gasteiger partial charge is 0.257 e. The van der Waals surface area contributed by atoms with Crippen LogP contribution in [0.25, 0.3) is 22.6 Å². The Bertz CT molecular complexity index is 1240. The Morgan fingerprint density at radius 1 is 1.03 bits per heavy atom. The van der Waals surface area contributed by atoms with E-state index in [9.17, 15) is 13.6 Å². The number of aromatic nitrogens is 4. The topological polar surface area (TPSA) is 63.9 Å². The van der Waals surface area contributed by atoms with Gasteiger partial charge in [0.15, 0.2) is 5.82 Å². The molecule has 2 heterocycles. The molecule has 4 rings (SSSR count). The van der Waals surface area contributed by atoms with E-state index in [0.29, 0.717) is 30.2 Å². The molecule has 0 unspecified atom stereocenters. The second kappa shape index (κ2) is 9.68. The second-order valence-electron chi connectivity index (χ2n) is 7.60. The molecule has 0 spiro atoms. The lowest BCUT2D eigenvalue weighted by Crippen LogP contribution is -2.41. The molecule has 8 heteroatoms. The van der Waals surface area contributed by atoms with Gasteiger partial charge >= 0.3 is 0 Å². The number of hydrogen-bond acceptors (Lipinski definition) is 4. The Hall–Kier alpha value is -3.94. The van der Waals surface area contributed by atoms with E-state index in [-0.39, 0.29) is 17.4 Å². The van der Waals surface area contributed by atoms with E-state index >= 15 is 0 Å². The van der Waals surface area contributed by atoms with Crippen molar-refractivity contribution in [1.29, 1.82) is 0 Å². The zero-order chi connectivity index (χ0) is 23.4. The minimum absolute atomic E-state index is 0.0510. The SMILES string of the molecule is CCN(C(=O)c1c(F)cccc1-c1ncccn1)[C@@H](C)Cn1ccc(-c2ccc(F)cc2)n1. The molecule has 168 valence electrons. The third-order valence-electron chi connectivity index (χ3n) is 5.40. The minimum Gasteiger partial charge on any atom is -0.334 e. The molecule has 0 N–H and O–H groups in total. The zero-order valence-corrected chi connectivity index (χ0v) is 18.3. The molecule has 0 bridgehead atoms. The van der Waals surface area contributed by atoms with E-state index in [1.165, 1.54) is 24.3 Å².